The molecule has 0 aliphatic heterocycles. The monoisotopic (exact) mass is 260 g/mol. The Morgan fingerprint density at radius 1 is 1.43 bits per heavy atom. The summed E-state index contributed by atoms with van der Waals surface area (Å²) in [4.78, 5) is 10.5. The molecular weight excluding hydrogens is 251 g/mol. The number of hydrogen-bond donors (Lipinski definition) is 0. The van der Waals surface area contributed by atoms with Crippen LogP contribution in [0.3, 0.4) is 0 Å². The van der Waals surface area contributed by atoms with E-state index >= 15 is 0 Å². The van der Waals surface area contributed by atoms with Gasteiger partial charge in [0.05, 0.1) is 6.61 Å². The Kier molecular flexibility index (Phi) is 4.59. The van der Waals surface area contributed by atoms with Gasteiger partial charge in [-0.2, -0.15) is 0 Å². The van der Waals surface area contributed by atoms with Gasteiger partial charge in [0, 0.05) is 10.9 Å². The Hall–Kier alpha value is -0.900. The van der Waals surface area contributed by atoms with Gasteiger partial charge in [0.1, 0.15) is 0 Å². The zero-order valence-electron chi connectivity index (χ0n) is 7.50. The van der Waals surface area contributed by atoms with E-state index in [0.717, 1.165) is 10.0 Å². The molecule has 4 heteroatoms. The quantitative estimate of drug-likeness (QED) is 0.778. The van der Waals surface area contributed by atoms with Gasteiger partial charge in [0.2, 0.25) is 0 Å². The maximum absolute atomic E-state index is 11.7. The summed E-state index contributed by atoms with van der Waals surface area (Å²) >= 11 is 3.37. The highest BCUT2D eigenvalue weighted by Crippen LogP contribution is 2.16. The molecule has 0 atom stereocenters. The Bertz CT molecular complexity index is 315. The highest BCUT2D eigenvalue weighted by Gasteiger charge is 2.02. The molecular formula is C10H10BrFO2. The van der Waals surface area contributed by atoms with E-state index in [0.29, 0.717) is 6.42 Å². The van der Waals surface area contributed by atoms with E-state index in [1.165, 1.54) is 0 Å². The van der Waals surface area contributed by atoms with Crippen LogP contribution in [0.5, 0.6) is 0 Å². The first-order valence-electron chi connectivity index (χ1n) is 4.19. The van der Waals surface area contributed by atoms with Gasteiger partial charge in [0.15, 0.2) is 6.67 Å². The summed E-state index contributed by atoms with van der Waals surface area (Å²) in [5.74, 6) is -0.808. The topological polar surface area (TPSA) is 26.3 Å². The molecule has 0 heterocycles. The number of halogens is 2. The van der Waals surface area contributed by atoms with Crippen molar-refractivity contribution in [2.45, 2.75) is 6.42 Å². The number of rotatable bonds is 4. The van der Waals surface area contributed by atoms with Gasteiger partial charge in [-0.1, -0.05) is 34.1 Å². The summed E-state index contributed by atoms with van der Waals surface area (Å²) in [7, 11) is 0. The molecule has 0 saturated heterocycles. The van der Waals surface area contributed by atoms with Crippen LogP contribution >= 0.6 is 15.9 Å². The van der Waals surface area contributed by atoms with Crippen molar-refractivity contribution in [1.82, 2.24) is 0 Å². The SMILES string of the molecule is O=C(CF)OCCc1ccccc1Br. The van der Waals surface area contributed by atoms with Crippen LogP contribution in [0.1, 0.15) is 5.56 Å². The summed E-state index contributed by atoms with van der Waals surface area (Å²) in [6.45, 7) is -0.846. The Morgan fingerprint density at radius 2 is 2.14 bits per heavy atom. The fourth-order valence-electron chi connectivity index (χ4n) is 1.01. The minimum Gasteiger partial charge on any atom is -0.463 e. The molecule has 0 amide bonds. The molecule has 76 valence electrons. The maximum Gasteiger partial charge on any atom is 0.337 e. The molecule has 0 aliphatic carbocycles. The fourth-order valence-corrected chi connectivity index (χ4v) is 1.50. The zero-order chi connectivity index (χ0) is 10.4. The van der Waals surface area contributed by atoms with Crippen molar-refractivity contribution < 1.29 is 13.9 Å². The molecule has 1 aromatic carbocycles. The summed E-state index contributed by atoms with van der Waals surface area (Å²) in [6, 6.07) is 7.64. The molecule has 0 unspecified atom stereocenters. The normalized spacial score (nSPS) is 9.86. The van der Waals surface area contributed by atoms with Crippen molar-refractivity contribution in [2.75, 3.05) is 13.3 Å². The van der Waals surface area contributed by atoms with Gasteiger partial charge >= 0.3 is 5.97 Å². The average molecular weight is 261 g/mol. The standard InChI is InChI=1S/C10H10BrFO2/c11-9-4-2-1-3-8(9)5-6-14-10(13)7-12/h1-4H,5-7H2. The number of carbonyl (C=O) groups excluding carboxylic acids is 1. The maximum atomic E-state index is 11.7. The van der Waals surface area contributed by atoms with Gasteiger partial charge in [-0.25, -0.2) is 9.18 Å². The molecule has 0 aliphatic rings. The third-order valence-corrected chi connectivity index (χ3v) is 2.48. The summed E-state index contributed by atoms with van der Waals surface area (Å²) in [6.07, 6.45) is 0.590. The van der Waals surface area contributed by atoms with Crippen LogP contribution in [-0.4, -0.2) is 19.3 Å². The number of alkyl halides is 1. The lowest BCUT2D eigenvalue weighted by atomic mass is 10.2. The minimum absolute atomic E-state index is 0.214. The predicted molar refractivity (Wildman–Crippen MR) is 54.8 cm³/mol. The molecule has 0 saturated carbocycles. The third kappa shape index (κ3) is 3.46. The second-order valence-electron chi connectivity index (χ2n) is 2.70. The van der Waals surface area contributed by atoms with E-state index < -0.39 is 12.6 Å². The van der Waals surface area contributed by atoms with Crippen LogP contribution < -0.4 is 0 Å². The van der Waals surface area contributed by atoms with Gasteiger partial charge in [0.25, 0.3) is 0 Å². The Morgan fingerprint density at radius 3 is 2.79 bits per heavy atom. The van der Waals surface area contributed by atoms with E-state index in [2.05, 4.69) is 20.7 Å². The minimum atomic E-state index is -1.06. The Labute approximate surface area is 90.2 Å². The first-order valence-corrected chi connectivity index (χ1v) is 4.98. The van der Waals surface area contributed by atoms with Crippen LogP contribution in [0.15, 0.2) is 28.7 Å². The molecule has 0 fully saturated rings. The molecule has 1 aromatic rings. The van der Waals surface area contributed by atoms with Crippen LogP contribution in [0.4, 0.5) is 4.39 Å². The Balaban J connectivity index is 2.39. The molecule has 1 rings (SSSR count). The molecule has 14 heavy (non-hydrogen) atoms. The van der Waals surface area contributed by atoms with Crippen LogP contribution in [0, 0.1) is 0 Å². The third-order valence-electron chi connectivity index (χ3n) is 1.70. The zero-order valence-corrected chi connectivity index (χ0v) is 9.09. The molecule has 0 N–H and O–H groups in total. The first kappa shape index (κ1) is 11.2. The lowest BCUT2D eigenvalue weighted by molar-refractivity contribution is -0.144. The largest absolute Gasteiger partial charge is 0.463 e. The van der Waals surface area contributed by atoms with Crippen molar-refractivity contribution >= 4 is 21.9 Å². The number of ether oxygens (including phenoxy) is 1. The highest BCUT2D eigenvalue weighted by atomic mass is 79.9. The molecule has 0 radical (unpaired) electrons. The van der Waals surface area contributed by atoms with E-state index in [1.807, 2.05) is 24.3 Å². The van der Waals surface area contributed by atoms with Crippen molar-refractivity contribution in [3.63, 3.8) is 0 Å². The van der Waals surface area contributed by atoms with Crippen molar-refractivity contribution in [1.29, 1.82) is 0 Å². The number of benzene rings is 1. The molecule has 0 spiro atoms. The lowest BCUT2D eigenvalue weighted by Gasteiger charge is -2.04. The molecule has 0 aromatic heterocycles. The van der Waals surface area contributed by atoms with Crippen LogP contribution in [0.2, 0.25) is 0 Å². The fraction of sp³-hybridized carbons (Fsp3) is 0.300. The molecule has 0 bridgehead atoms. The summed E-state index contributed by atoms with van der Waals surface area (Å²) < 4.78 is 17.3. The van der Waals surface area contributed by atoms with Gasteiger partial charge < -0.3 is 4.74 Å². The second kappa shape index (κ2) is 5.75. The highest BCUT2D eigenvalue weighted by molar-refractivity contribution is 9.10. The number of esters is 1. The second-order valence-corrected chi connectivity index (χ2v) is 3.55. The summed E-state index contributed by atoms with van der Waals surface area (Å²) in [5, 5.41) is 0. The van der Waals surface area contributed by atoms with Crippen LogP contribution in [0.25, 0.3) is 0 Å². The van der Waals surface area contributed by atoms with E-state index in [1.54, 1.807) is 0 Å². The van der Waals surface area contributed by atoms with E-state index in [-0.39, 0.29) is 6.61 Å². The first-order chi connectivity index (χ1) is 6.74. The van der Waals surface area contributed by atoms with Crippen molar-refractivity contribution in [3.8, 4) is 0 Å². The number of carbonyl (C=O) groups is 1. The van der Waals surface area contributed by atoms with Gasteiger partial charge in [-0.3, -0.25) is 0 Å². The predicted octanol–water partition coefficient (Wildman–Crippen LogP) is 2.50. The molecule has 2 nitrogen and oxygen atoms in total. The van der Waals surface area contributed by atoms with E-state index in [9.17, 15) is 9.18 Å². The smallest absolute Gasteiger partial charge is 0.337 e. The number of hydrogen-bond acceptors (Lipinski definition) is 2. The van der Waals surface area contributed by atoms with Crippen molar-refractivity contribution in [3.05, 3.63) is 34.3 Å². The van der Waals surface area contributed by atoms with Gasteiger partial charge in [-0.15, -0.1) is 0 Å². The van der Waals surface area contributed by atoms with E-state index in [4.69, 9.17) is 0 Å². The van der Waals surface area contributed by atoms with Crippen LogP contribution in [-0.2, 0) is 16.0 Å². The average Bonchev–Trinajstić information content (AvgIpc) is 2.20. The lowest BCUT2D eigenvalue weighted by Crippen LogP contribution is -2.09. The van der Waals surface area contributed by atoms with Crippen molar-refractivity contribution in [2.24, 2.45) is 0 Å². The summed E-state index contributed by atoms with van der Waals surface area (Å²) in [5.41, 5.74) is 1.04. The van der Waals surface area contributed by atoms with Gasteiger partial charge in [-0.05, 0) is 11.6 Å².